The number of nitrogens with one attached hydrogen (secondary N) is 1. The number of hydrogen-bond donors (Lipinski definition) is 1. The van der Waals surface area contributed by atoms with E-state index in [9.17, 15) is 10.1 Å². The molecule has 2 rings (SSSR count). The van der Waals surface area contributed by atoms with Gasteiger partial charge in [0.15, 0.2) is 5.75 Å². The van der Waals surface area contributed by atoms with Crippen molar-refractivity contribution < 1.29 is 9.66 Å². The lowest BCUT2D eigenvalue weighted by molar-refractivity contribution is -0.385. The Morgan fingerprint density at radius 1 is 1.32 bits per heavy atom. The molecule has 19 heavy (non-hydrogen) atoms. The third-order valence-electron chi connectivity index (χ3n) is 3.71. The average Bonchev–Trinajstić information content (AvgIpc) is 2.40. The fourth-order valence-electron chi connectivity index (χ4n) is 2.53. The number of para-hydroxylation sites is 1. The van der Waals surface area contributed by atoms with Crippen molar-refractivity contribution in [2.24, 2.45) is 5.92 Å². The minimum atomic E-state index is -0.382. The Bertz CT molecular complexity index is 454. The monoisotopic (exact) mass is 264 g/mol. The van der Waals surface area contributed by atoms with E-state index in [1.54, 1.807) is 25.2 Å². The molecule has 1 aromatic carbocycles. The second-order valence-corrected chi connectivity index (χ2v) is 5.16. The molecule has 0 amide bonds. The minimum absolute atomic E-state index is 0.0311. The molecule has 0 spiro atoms. The largest absolute Gasteiger partial charge is 0.483 e. The van der Waals surface area contributed by atoms with Crippen molar-refractivity contribution in [3.63, 3.8) is 0 Å². The number of nitrogens with zero attached hydrogens (tertiary/aromatic N) is 1. The number of benzene rings is 1. The van der Waals surface area contributed by atoms with Crippen molar-refractivity contribution in [1.29, 1.82) is 0 Å². The van der Waals surface area contributed by atoms with E-state index in [-0.39, 0.29) is 16.7 Å². The number of nitro benzene ring substituents is 1. The number of rotatable bonds is 4. The molecule has 1 aliphatic rings. The van der Waals surface area contributed by atoms with E-state index < -0.39 is 0 Å². The first-order valence-corrected chi connectivity index (χ1v) is 6.73. The zero-order valence-corrected chi connectivity index (χ0v) is 11.4. The van der Waals surface area contributed by atoms with Crippen LogP contribution in [0, 0.1) is 16.0 Å². The van der Waals surface area contributed by atoms with Crippen LogP contribution in [0.5, 0.6) is 5.75 Å². The number of hydrogen-bond acceptors (Lipinski definition) is 4. The summed E-state index contributed by atoms with van der Waals surface area (Å²) in [5, 5.41) is 14.0. The SMILES string of the molecule is CNc1cccc(OC2CCC(C)CC2)c1[N+](=O)[O-]. The number of ether oxygens (including phenoxy) is 1. The van der Waals surface area contributed by atoms with E-state index in [1.165, 1.54) is 0 Å². The Hall–Kier alpha value is -1.78. The topological polar surface area (TPSA) is 64.4 Å². The van der Waals surface area contributed by atoms with E-state index in [0.29, 0.717) is 11.4 Å². The van der Waals surface area contributed by atoms with E-state index in [2.05, 4.69) is 12.2 Å². The molecule has 0 heterocycles. The van der Waals surface area contributed by atoms with Crippen molar-refractivity contribution in [2.45, 2.75) is 38.7 Å². The molecule has 0 radical (unpaired) electrons. The molecule has 1 aromatic rings. The molecule has 0 unspecified atom stereocenters. The van der Waals surface area contributed by atoms with Gasteiger partial charge in [-0.25, -0.2) is 0 Å². The Morgan fingerprint density at radius 2 is 2.00 bits per heavy atom. The van der Waals surface area contributed by atoms with Gasteiger partial charge in [-0.2, -0.15) is 0 Å². The number of nitro groups is 1. The zero-order valence-electron chi connectivity index (χ0n) is 11.4. The van der Waals surface area contributed by atoms with Gasteiger partial charge in [-0.05, 0) is 43.7 Å². The summed E-state index contributed by atoms with van der Waals surface area (Å²) in [5.74, 6) is 1.11. The van der Waals surface area contributed by atoms with Crippen LogP contribution in [0.2, 0.25) is 0 Å². The fraction of sp³-hybridized carbons (Fsp3) is 0.571. The van der Waals surface area contributed by atoms with Crippen LogP contribution in [0.3, 0.4) is 0 Å². The molecule has 0 saturated heterocycles. The highest BCUT2D eigenvalue weighted by atomic mass is 16.6. The van der Waals surface area contributed by atoms with Crippen molar-refractivity contribution in [3.05, 3.63) is 28.3 Å². The first kappa shape index (κ1) is 13.6. The summed E-state index contributed by atoms with van der Waals surface area (Å²) < 4.78 is 5.86. The minimum Gasteiger partial charge on any atom is -0.483 e. The van der Waals surface area contributed by atoms with Crippen molar-refractivity contribution >= 4 is 11.4 Å². The van der Waals surface area contributed by atoms with Gasteiger partial charge in [0.25, 0.3) is 0 Å². The summed E-state index contributed by atoms with van der Waals surface area (Å²) in [6.07, 6.45) is 4.31. The maximum atomic E-state index is 11.2. The first-order chi connectivity index (χ1) is 9.11. The second-order valence-electron chi connectivity index (χ2n) is 5.16. The second kappa shape index (κ2) is 5.91. The molecule has 0 bridgehead atoms. The highest BCUT2D eigenvalue weighted by molar-refractivity contribution is 5.68. The van der Waals surface area contributed by atoms with E-state index in [1.807, 2.05) is 0 Å². The maximum absolute atomic E-state index is 11.2. The predicted octanol–water partition coefficient (Wildman–Crippen LogP) is 3.59. The summed E-state index contributed by atoms with van der Waals surface area (Å²) in [7, 11) is 1.68. The van der Waals surface area contributed by atoms with Crippen molar-refractivity contribution in [3.8, 4) is 5.75 Å². The molecule has 1 N–H and O–H groups in total. The van der Waals surface area contributed by atoms with Crippen LogP contribution in [-0.4, -0.2) is 18.1 Å². The van der Waals surface area contributed by atoms with Gasteiger partial charge < -0.3 is 10.1 Å². The van der Waals surface area contributed by atoms with Crippen LogP contribution in [-0.2, 0) is 0 Å². The Balaban J connectivity index is 2.17. The van der Waals surface area contributed by atoms with Gasteiger partial charge in [-0.15, -0.1) is 0 Å². The summed E-state index contributed by atoms with van der Waals surface area (Å²) in [6.45, 7) is 2.24. The fourth-order valence-corrected chi connectivity index (χ4v) is 2.53. The molecule has 0 aliphatic heterocycles. The molecule has 5 nitrogen and oxygen atoms in total. The Morgan fingerprint density at radius 3 is 2.58 bits per heavy atom. The third-order valence-corrected chi connectivity index (χ3v) is 3.71. The summed E-state index contributed by atoms with van der Waals surface area (Å²) in [6, 6.07) is 5.14. The summed E-state index contributed by atoms with van der Waals surface area (Å²) >= 11 is 0. The third kappa shape index (κ3) is 3.16. The summed E-state index contributed by atoms with van der Waals surface area (Å²) in [4.78, 5) is 10.8. The van der Waals surface area contributed by atoms with Crippen LogP contribution in [0.25, 0.3) is 0 Å². The molecule has 1 fully saturated rings. The van der Waals surface area contributed by atoms with Crippen LogP contribution in [0.15, 0.2) is 18.2 Å². The van der Waals surface area contributed by atoms with E-state index in [4.69, 9.17) is 4.74 Å². The molecule has 0 aromatic heterocycles. The van der Waals surface area contributed by atoms with Gasteiger partial charge in [0, 0.05) is 7.05 Å². The lowest BCUT2D eigenvalue weighted by Gasteiger charge is -2.26. The first-order valence-electron chi connectivity index (χ1n) is 6.73. The molecule has 1 aliphatic carbocycles. The maximum Gasteiger partial charge on any atom is 0.333 e. The average molecular weight is 264 g/mol. The van der Waals surface area contributed by atoms with Gasteiger partial charge in [-0.1, -0.05) is 13.0 Å². The highest BCUT2D eigenvalue weighted by Crippen LogP contribution is 2.37. The molecular formula is C14H20N2O3. The van der Waals surface area contributed by atoms with Gasteiger partial charge >= 0.3 is 5.69 Å². The Labute approximate surface area is 113 Å². The standard InChI is InChI=1S/C14H20N2O3/c1-10-6-8-11(9-7-10)19-13-5-3-4-12(15-2)14(13)16(17)18/h3-5,10-11,15H,6-9H2,1-2H3. The summed E-state index contributed by atoms with van der Waals surface area (Å²) in [5.41, 5.74) is 0.523. The van der Waals surface area contributed by atoms with Crippen LogP contribution >= 0.6 is 0 Å². The van der Waals surface area contributed by atoms with Crippen molar-refractivity contribution in [2.75, 3.05) is 12.4 Å². The number of anilines is 1. The normalized spacial score (nSPS) is 22.8. The van der Waals surface area contributed by atoms with Crippen LogP contribution in [0.4, 0.5) is 11.4 Å². The Kier molecular flexibility index (Phi) is 4.24. The van der Waals surface area contributed by atoms with Crippen molar-refractivity contribution in [1.82, 2.24) is 0 Å². The smallest absolute Gasteiger partial charge is 0.333 e. The van der Waals surface area contributed by atoms with Gasteiger partial charge in [0.05, 0.1) is 11.0 Å². The van der Waals surface area contributed by atoms with Gasteiger partial charge in [0.1, 0.15) is 5.69 Å². The molecule has 5 heteroatoms. The molecule has 104 valence electrons. The molecule has 1 saturated carbocycles. The molecular weight excluding hydrogens is 244 g/mol. The van der Waals surface area contributed by atoms with Crippen LogP contribution in [0.1, 0.15) is 32.6 Å². The van der Waals surface area contributed by atoms with E-state index in [0.717, 1.165) is 31.6 Å². The van der Waals surface area contributed by atoms with Gasteiger partial charge in [-0.3, -0.25) is 10.1 Å². The van der Waals surface area contributed by atoms with E-state index >= 15 is 0 Å². The molecule has 0 atom stereocenters. The predicted molar refractivity (Wildman–Crippen MR) is 74.7 cm³/mol. The lowest BCUT2D eigenvalue weighted by atomic mass is 9.89. The zero-order chi connectivity index (χ0) is 13.8. The van der Waals surface area contributed by atoms with Gasteiger partial charge in [0.2, 0.25) is 0 Å². The van der Waals surface area contributed by atoms with Crippen LogP contribution < -0.4 is 10.1 Å². The lowest BCUT2D eigenvalue weighted by Crippen LogP contribution is -2.23. The quantitative estimate of drug-likeness (QED) is 0.666. The highest BCUT2D eigenvalue weighted by Gasteiger charge is 2.25.